The van der Waals surface area contributed by atoms with Crippen LogP contribution in [0.2, 0.25) is 0 Å². The number of amides is 2. The van der Waals surface area contributed by atoms with Gasteiger partial charge in [0.25, 0.3) is 5.91 Å². The zero-order valence-corrected chi connectivity index (χ0v) is 14.0. The Balaban J connectivity index is 1.44. The smallest absolute Gasteiger partial charge is 0.289 e. The molecule has 1 N–H and O–H groups in total. The van der Waals surface area contributed by atoms with Gasteiger partial charge < -0.3 is 14.6 Å². The van der Waals surface area contributed by atoms with Gasteiger partial charge in [-0.15, -0.1) is 0 Å². The van der Waals surface area contributed by atoms with E-state index in [1.165, 1.54) is 6.26 Å². The van der Waals surface area contributed by atoms with Crippen molar-refractivity contribution in [2.45, 2.75) is 25.8 Å². The fraction of sp³-hybridized carbons (Fsp3) is 0.421. The van der Waals surface area contributed by atoms with Crippen molar-refractivity contribution in [1.82, 2.24) is 15.2 Å². The van der Waals surface area contributed by atoms with Gasteiger partial charge in [0.15, 0.2) is 5.76 Å². The lowest BCUT2D eigenvalue weighted by molar-refractivity contribution is -0.129. The zero-order valence-electron chi connectivity index (χ0n) is 14.0. The lowest BCUT2D eigenvalue weighted by atomic mass is 9.62. The van der Waals surface area contributed by atoms with Crippen molar-refractivity contribution in [3.8, 4) is 0 Å². The largest absolute Gasteiger partial charge is 0.459 e. The van der Waals surface area contributed by atoms with E-state index in [1.807, 2.05) is 12.1 Å². The second-order valence-corrected chi connectivity index (χ2v) is 7.00. The molecule has 1 unspecified atom stereocenters. The number of nitrogens with zero attached hydrogens (tertiary/aromatic N) is 2. The molecular formula is C19H21N3O3. The maximum Gasteiger partial charge on any atom is 0.289 e. The van der Waals surface area contributed by atoms with Crippen LogP contribution in [-0.4, -0.2) is 34.8 Å². The Labute approximate surface area is 146 Å². The molecular weight excluding hydrogens is 318 g/mol. The lowest BCUT2D eigenvalue weighted by Crippen LogP contribution is -2.45. The minimum Gasteiger partial charge on any atom is -0.459 e. The third-order valence-corrected chi connectivity index (χ3v) is 5.55. The van der Waals surface area contributed by atoms with E-state index in [0.717, 1.165) is 24.8 Å². The number of hydrogen-bond acceptors (Lipinski definition) is 4. The first-order valence-corrected chi connectivity index (χ1v) is 8.67. The van der Waals surface area contributed by atoms with E-state index in [-0.39, 0.29) is 23.1 Å². The molecule has 1 aliphatic heterocycles. The van der Waals surface area contributed by atoms with Crippen molar-refractivity contribution in [3.63, 3.8) is 0 Å². The van der Waals surface area contributed by atoms with E-state index in [1.54, 1.807) is 29.4 Å². The fourth-order valence-electron chi connectivity index (χ4n) is 3.99. The molecule has 1 saturated carbocycles. The number of hydrogen-bond donors (Lipinski definition) is 1. The monoisotopic (exact) mass is 339 g/mol. The van der Waals surface area contributed by atoms with Crippen LogP contribution in [0.3, 0.4) is 0 Å². The van der Waals surface area contributed by atoms with Crippen LogP contribution in [0.5, 0.6) is 0 Å². The van der Waals surface area contributed by atoms with Gasteiger partial charge in [0.1, 0.15) is 0 Å². The Bertz CT molecular complexity index is 753. The van der Waals surface area contributed by atoms with E-state index in [0.29, 0.717) is 25.4 Å². The number of carbonyl (C=O) groups is 2. The van der Waals surface area contributed by atoms with E-state index >= 15 is 0 Å². The van der Waals surface area contributed by atoms with E-state index in [4.69, 9.17) is 4.42 Å². The van der Waals surface area contributed by atoms with Gasteiger partial charge in [0.2, 0.25) is 5.91 Å². The summed E-state index contributed by atoms with van der Waals surface area (Å²) in [6.45, 7) is 1.58. The van der Waals surface area contributed by atoms with Crippen molar-refractivity contribution in [1.29, 1.82) is 0 Å². The predicted molar refractivity (Wildman–Crippen MR) is 90.5 cm³/mol. The molecule has 6 heteroatoms. The van der Waals surface area contributed by atoms with Crippen LogP contribution in [0, 0.1) is 11.3 Å². The second kappa shape index (κ2) is 6.35. The fourth-order valence-corrected chi connectivity index (χ4v) is 3.99. The number of carbonyl (C=O) groups excluding carboxylic acids is 2. The molecule has 2 fully saturated rings. The molecule has 0 aromatic carbocycles. The maximum absolute atomic E-state index is 12.8. The summed E-state index contributed by atoms with van der Waals surface area (Å²) in [4.78, 5) is 31.1. The van der Waals surface area contributed by atoms with E-state index in [2.05, 4.69) is 10.3 Å². The molecule has 4 rings (SSSR count). The molecule has 2 aromatic rings. The summed E-state index contributed by atoms with van der Waals surface area (Å²) in [5.74, 6) is 0.0984. The highest BCUT2D eigenvalue weighted by molar-refractivity contribution is 5.92. The van der Waals surface area contributed by atoms with Crippen LogP contribution in [0.25, 0.3) is 0 Å². The average molecular weight is 339 g/mol. The number of rotatable bonds is 4. The third kappa shape index (κ3) is 2.92. The molecule has 1 aliphatic carbocycles. The van der Waals surface area contributed by atoms with Crippen LogP contribution in [0.1, 0.15) is 35.4 Å². The Morgan fingerprint density at radius 2 is 2.08 bits per heavy atom. The van der Waals surface area contributed by atoms with Crippen molar-refractivity contribution < 1.29 is 14.0 Å². The van der Waals surface area contributed by atoms with Gasteiger partial charge in [-0.1, -0.05) is 6.42 Å². The summed E-state index contributed by atoms with van der Waals surface area (Å²) in [5.41, 5.74) is 0.956. The van der Waals surface area contributed by atoms with Crippen LogP contribution in [-0.2, 0) is 11.3 Å². The van der Waals surface area contributed by atoms with Crippen LogP contribution < -0.4 is 5.32 Å². The van der Waals surface area contributed by atoms with Gasteiger partial charge >= 0.3 is 0 Å². The molecule has 25 heavy (non-hydrogen) atoms. The Hall–Kier alpha value is -2.63. The summed E-state index contributed by atoms with van der Waals surface area (Å²) in [6, 6.07) is 7.16. The normalized spacial score (nSPS) is 21.1. The molecule has 1 spiro atoms. The predicted octanol–water partition coefficient (Wildman–Crippen LogP) is 2.23. The van der Waals surface area contributed by atoms with Gasteiger partial charge in [0, 0.05) is 37.4 Å². The Morgan fingerprint density at radius 3 is 2.72 bits per heavy atom. The number of pyridine rings is 1. The van der Waals surface area contributed by atoms with Gasteiger partial charge in [-0.25, -0.2) is 0 Å². The summed E-state index contributed by atoms with van der Waals surface area (Å²) in [7, 11) is 0. The molecule has 3 heterocycles. The van der Waals surface area contributed by atoms with Gasteiger partial charge in [0.05, 0.1) is 12.2 Å². The number of likely N-dealkylation sites (tertiary alicyclic amines) is 1. The average Bonchev–Trinajstić information content (AvgIpc) is 3.27. The van der Waals surface area contributed by atoms with Gasteiger partial charge in [-0.3, -0.25) is 14.6 Å². The quantitative estimate of drug-likeness (QED) is 0.927. The standard InChI is InChI=1S/C19H21N3O3/c23-17(21-11-14-4-8-20-9-5-14)15-12-22(13-19(15)6-2-7-19)18(24)16-3-1-10-25-16/h1,3-5,8-10,15H,2,6-7,11-13H2,(H,21,23). The van der Waals surface area contributed by atoms with Crippen molar-refractivity contribution in [2.75, 3.05) is 13.1 Å². The number of furan rings is 1. The minimum absolute atomic E-state index is 0.0336. The number of nitrogens with one attached hydrogen (secondary N) is 1. The summed E-state index contributed by atoms with van der Waals surface area (Å²) in [6.07, 6.45) is 8.06. The molecule has 1 atom stereocenters. The maximum atomic E-state index is 12.8. The van der Waals surface area contributed by atoms with Crippen molar-refractivity contribution in [2.24, 2.45) is 11.3 Å². The van der Waals surface area contributed by atoms with Crippen LogP contribution >= 0.6 is 0 Å². The Kier molecular flexibility index (Phi) is 4.03. The van der Waals surface area contributed by atoms with E-state index < -0.39 is 0 Å². The summed E-state index contributed by atoms with van der Waals surface area (Å²) < 4.78 is 5.23. The van der Waals surface area contributed by atoms with Crippen molar-refractivity contribution >= 4 is 11.8 Å². The molecule has 6 nitrogen and oxygen atoms in total. The lowest BCUT2D eigenvalue weighted by Gasteiger charge is -2.41. The SMILES string of the molecule is O=C(NCc1ccncc1)C1CN(C(=O)c2ccco2)CC12CCC2. The molecule has 2 aromatic heterocycles. The summed E-state index contributed by atoms with van der Waals surface area (Å²) in [5, 5.41) is 3.03. The second-order valence-electron chi connectivity index (χ2n) is 7.00. The highest BCUT2D eigenvalue weighted by atomic mass is 16.3. The topological polar surface area (TPSA) is 75.4 Å². The zero-order chi connectivity index (χ0) is 17.3. The Morgan fingerprint density at radius 1 is 1.28 bits per heavy atom. The summed E-state index contributed by atoms with van der Waals surface area (Å²) >= 11 is 0. The molecule has 1 saturated heterocycles. The highest BCUT2D eigenvalue weighted by Gasteiger charge is 2.54. The van der Waals surface area contributed by atoms with Gasteiger partial charge in [-0.2, -0.15) is 0 Å². The molecule has 0 bridgehead atoms. The van der Waals surface area contributed by atoms with Crippen molar-refractivity contribution in [3.05, 3.63) is 54.2 Å². The first kappa shape index (κ1) is 15.9. The first-order chi connectivity index (χ1) is 12.2. The van der Waals surface area contributed by atoms with Crippen LogP contribution in [0.15, 0.2) is 47.3 Å². The third-order valence-electron chi connectivity index (χ3n) is 5.55. The van der Waals surface area contributed by atoms with E-state index in [9.17, 15) is 9.59 Å². The molecule has 2 amide bonds. The molecule has 2 aliphatic rings. The number of aromatic nitrogens is 1. The molecule has 0 radical (unpaired) electrons. The van der Waals surface area contributed by atoms with Crippen LogP contribution in [0.4, 0.5) is 0 Å². The highest BCUT2D eigenvalue weighted by Crippen LogP contribution is 2.52. The minimum atomic E-state index is -0.151. The first-order valence-electron chi connectivity index (χ1n) is 8.67. The molecule has 130 valence electrons. The van der Waals surface area contributed by atoms with Gasteiger partial charge in [-0.05, 0) is 42.7 Å².